The van der Waals surface area contributed by atoms with Crippen molar-refractivity contribution in [3.05, 3.63) is 29.6 Å². The van der Waals surface area contributed by atoms with Gasteiger partial charge in [0.2, 0.25) is 0 Å². The quantitative estimate of drug-likeness (QED) is 0.659. The zero-order chi connectivity index (χ0) is 9.26. The van der Waals surface area contributed by atoms with Crippen LogP contribution in [0.2, 0.25) is 0 Å². The molecule has 1 saturated carbocycles. The van der Waals surface area contributed by atoms with Crippen molar-refractivity contribution in [2.45, 2.75) is 31.6 Å². The number of benzene rings is 1. The lowest BCUT2D eigenvalue weighted by Gasteiger charge is -2.10. The van der Waals surface area contributed by atoms with E-state index in [0.717, 1.165) is 18.4 Å². The normalized spacial score (nSPS) is 17.9. The van der Waals surface area contributed by atoms with Crippen LogP contribution in [-0.4, -0.2) is 0 Å². The molecule has 13 heavy (non-hydrogen) atoms. The van der Waals surface area contributed by atoms with Crippen molar-refractivity contribution >= 4 is 5.69 Å². The van der Waals surface area contributed by atoms with Gasteiger partial charge in [0.15, 0.2) is 0 Å². The minimum atomic E-state index is -0.132. The van der Waals surface area contributed by atoms with Crippen LogP contribution in [0.3, 0.4) is 0 Å². The second kappa shape index (κ2) is 3.36. The number of nitrogen functional groups attached to an aromatic ring is 1. The summed E-state index contributed by atoms with van der Waals surface area (Å²) in [6.45, 7) is 0. The van der Waals surface area contributed by atoms with Crippen LogP contribution in [-0.2, 0) is 0 Å². The Kier molecular flexibility index (Phi) is 2.21. The Labute approximate surface area is 77.8 Å². The van der Waals surface area contributed by atoms with Gasteiger partial charge in [0, 0.05) is 5.69 Å². The zero-order valence-electron chi connectivity index (χ0n) is 7.59. The molecule has 0 radical (unpaired) electrons. The fourth-order valence-corrected chi connectivity index (χ4v) is 2.11. The molecule has 0 unspecified atom stereocenters. The van der Waals surface area contributed by atoms with Crippen LogP contribution >= 0.6 is 0 Å². The molecule has 1 aromatic carbocycles. The van der Waals surface area contributed by atoms with Gasteiger partial charge in [-0.1, -0.05) is 18.9 Å². The molecule has 0 heterocycles. The number of hydrogen-bond donors (Lipinski definition) is 1. The van der Waals surface area contributed by atoms with E-state index in [1.807, 2.05) is 6.07 Å². The van der Waals surface area contributed by atoms with E-state index in [2.05, 4.69) is 0 Å². The van der Waals surface area contributed by atoms with Gasteiger partial charge in [0.05, 0.1) is 0 Å². The summed E-state index contributed by atoms with van der Waals surface area (Å²) >= 11 is 0. The van der Waals surface area contributed by atoms with Gasteiger partial charge in [-0.25, -0.2) is 4.39 Å². The largest absolute Gasteiger partial charge is 0.399 e. The highest BCUT2D eigenvalue weighted by Crippen LogP contribution is 2.35. The van der Waals surface area contributed by atoms with Gasteiger partial charge in [0.25, 0.3) is 0 Å². The number of hydrogen-bond acceptors (Lipinski definition) is 1. The Balaban J connectivity index is 2.29. The first-order valence-corrected chi connectivity index (χ1v) is 4.82. The van der Waals surface area contributed by atoms with E-state index in [-0.39, 0.29) is 5.82 Å². The summed E-state index contributed by atoms with van der Waals surface area (Å²) in [6, 6.07) is 5.05. The molecule has 70 valence electrons. The molecule has 1 aliphatic carbocycles. The summed E-state index contributed by atoms with van der Waals surface area (Å²) in [5.41, 5.74) is 6.85. The van der Waals surface area contributed by atoms with Crippen molar-refractivity contribution in [1.82, 2.24) is 0 Å². The van der Waals surface area contributed by atoms with Crippen LogP contribution < -0.4 is 5.73 Å². The number of halogens is 1. The first kappa shape index (κ1) is 8.54. The predicted octanol–water partition coefficient (Wildman–Crippen LogP) is 3.07. The Hall–Kier alpha value is -1.05. The highest BCUT2D eigenvalue weighted by molar-refractivity contribution is 5.41. The molecule has 0 amide bonds. The molecule has 0 saturated heterocycles. The SMILES string of the molecule is Nc1ccc(C2CCCC2)c(F)c1. The summed E-state index contributed by atoms with van der Waals surface area (Å²) in [7, 11) is 0. The summed E-state index contributed by atoms with van der Waals surface area (Å²) < 4.78 is 13.4. The monoisotopic (exact) mass is 179 g/mol. The van der Waals surface area contributed by atoms with Gasteiger partial charge in [-0.2, -0.15) is 0 Å². The average Bonchev–Trinajstić information content (AvgIpc) is 2.56. The van der Waals surface area contributed by atoms with Crippen LogP contribution in [0.5, 0.6) is 0 Å². The highest BCUT2D eigenvalue weighted by Gasteiger charge is 2.19. The van der Waals surface area contributed by atoms with Gasteiger partial charge in [-0.15, -0.1) is 0 Å². The molecule has 0 aliphatic heterocycles. The molecule has 1 aromatic rings. The number of anilines is 1. The van der Waals surface area contributed by atoms with E-state index in [9.17, 15) is 4.39 Å². The molecule has 2 rings (SSSR count). The molecule has 1 nitrogen and oxygen atoms in total. The third kappa shape index (κ3) is 1.67. The van der Waals surface area contributed by atoms with E-state index in [1.165, 1.54) is 18.9 Å². The van der Waals surface area contributed by atoms with Gasteiger partial charge >= 0.3 is 0 Å². The molecule has 0 aromatic heterocycles. The summed E-state index contributed by atoms with van der Waals surface area (Å²) in [5.74, 6) is 0.299. The first-order chi connectivity index (χ1) is 6.27. The lowest BCUT2D eigenvalue weighted by molar-refractivity contribution is 0.581. The van der Waals surface area contributed by atoms with E-state index in [0.29, 0.717) is 11.6 Å². The summed E-state index contributed by atoms with van der Waals surface area (Å²) in [5, 5.41) is 0. The molecule has 0 atom stereocenters. The maximum absolute atomic E-state index is 13.4. The van der Waals surface area contributed by atoms with E-state index < -0.39 is 0 Å². The Bertz CT molecular complexity index is 303. The van der Waals surface area contributed by atoms with Crippen LogP contribution in [0.1, 0.15) is 37.2 Å². The van der Waals surface area contributed by atoms with Crippen molar-refractivity contribution < 1.29 is 4.39 Å². The lowest BCUT2D eigenvalue weighted by atomic mass is 9.97. The third-order valence-electron chi connectivity index (χ3n) is 2.82. The first-order valence-electron chi connectivity index (χ1n) is 4.82. The Morgan fingerprint density at radius 3 is 2.54 bits per heavy atom. The molecular weight excluding hydrogens is 165 g/mol. The third-order valence-corrected chi connectivity index (χ3v) is 2.82. The van der Waals surface area contributed by atoms with Crippen LogP contribution in [0.25, 0.3) is 0 Å². The van der Waals surface area contributed by atoms with Crippen molar-refractivity contribution in [3.8, 4) is 0 Å². The van der Waals surface area contributed by atoms with Crippen LogP contribution in [0, 0.1) is 5.82 Å². The second-order valence-electron chi connectivity index (χ2n) is 3.76. The zero-order valence-corrected chi connectivity index (χ0v) is 7.59. The molecule has 1 fully saturated rings. The fraction of sp³-hybridized carbons (Fsp3) is 0.455. The summed E-state index contributed by atoms with van der Waals surface area (Å²) in [6.07, 6.45) is 4.71. The van der Waals surface area contributed by atoms with Gasteiger partial charge in [-0.3, -0.25) is 0 Å². The van der Waals surface area contributed by atoms with Gasteiger partial charge in [-0.05, 0) is 36.5 Å². The molecule has 0 bridgehead atoms. The minimum absolute atomic E-state index is 0.132. The highest BCUT2D eigenvalue weighted by atomic mass is 19.1. The molecular formula is C11H14FN. The van der Waals surface area contributed by atoms with Crippen molar-refractivity contribution in [2.75, 3.05) is 5.73 Å². The van der Waals surface area contributed by atoms with Crippen molar-refractivity contribution in [2.24, 2.45) is 0 Å². The van der Waals surface area contributed by atoms with E-state index >= 15 is 0 Å². The van der Waals surface area contributed by atoms with Gasteiger partial charge < -0.3 is 5.73 Å². The molecule has 1 aliphatic rings. The number of nitrogens with two attached hydrogens (primary N) is 1. The van der Waals surface area contributed by atoms with E-state index in [1.54, 1.807) is 6.07 Å². The molecule has 2 N–H and O–H groups in total. The smallest absolute Gasteiger partial charge is 0.128 e. The topological polar surface area (TPSA) is 26.0 Å². The number of rotatable bonds is 1. The van der Waals surface area contributed by atoms with E-state index in [4.69, 9.17) is 5.73 Å². The second-order valence-corrected chi connectivity index (χ2v) is 3.76. The molecule has 2 heteroatoms. The maximum atomic E-state index is 13.4. The minimum Gasteiger partial charge on any atom is -0.399 e. The van der Waals surface area contributed by atoms with Crippen molar-refractivity contribution in [3.63, 3.8) is 0 Å². The predicted molar refractivity (Wildman–Crippen MR) is 52.0 cm³/mol. The average molecular weight is 179 g/mol. The fourth-order valence-electron chi connectivity index (χ4n) is 2.11. The standard InChI is InChI=1S/C11H14FN/c12-11-7-9(13)5-6-10(11)8-3-1-2-4-8/h5-8H,1-4,13H2. The maximum Gasteiger partial charge on any atom is 0.128 e. The van der Waals surface area contributed by atoms with Crippen LogP contribution in [0.4, 0.5) is 10.1 Å². The lowest BCUT2D eigenvalue weighted by Crippen LogP contribution is -1.97. The Morgan fingerprint density at radius 2 is 1.92 bits per heavy atom. The summed E-state index contributed by atoms with van der Waals surface area (Å²) in [4.78, 5) is 0. The van der Waals surface area contributed by atoms with Gasteiger partial charge in [0.1, 0.15) is 5.82 Å². The Morgan fingerprint density at radius 1 is 1.23 bits per heavy atom. The molecule has 0 spiro atoms. The van der Waals surface area contributed by atoms with Crippen LogP contribution in [0.15, 0.2) is 18.2 Å². The van der Waals surface area contributed by atoms with Crippen molar-refractivity contribution in [1.29, 1.82) is 0 Å².